The van der Waals surface area contributed by atoms with Gasteiger partial charge in [-0.2, -0.15) is 26.3 Å². The van der Waals surface area contributed by atoms with Gasteiger partial charge in [-0.1, -0.05) is 48.9 Å². The number of benzene rings is 3. The zero-order chi connectivity index (χ0) is 37.3. The van der Waals surface area contributed by atoms with E-state index in [1.54, 1.807) is 37.6 Å². The number of carbonyl (C=O) groups excluding carboxylic acids is 1. The minimum Gasteiger partial charge on any atom is -0.496 e. The number of carbonyl (C=O) groups is 2. The fourth-order valence-electron chi connectivity index (χ4n) is 7.70. The Kier molecular flexibility index (Phi) is 10.7. The number of ether oxygens (including phenoxy) is 1. The van der Waals surface area contributed by atoms with Crippen molar-refractivity contribution >= 4 is 33.6 Å². The fourth-order valence-corrected chi connectivity index (χ4v) is 7.70. The molecule has 278 valence electrons. The predicted octanol–water partition coefficient (Wildman–Crippen LogP) is 7.37. The van der Waals surface area contributed by atoms with Crippen LogP contribution < -0.4 is 10.1 Å². The summed E-state index contributed by atoms with van der Waals surface area (Å²) < 4.78 is 88.2. The van der Waals surface area contributed by atoms with Crippen LogP contribution in [0.25, 0.3) is 32.8 Å². The number of nitrogens with one attached hydrogen (secondary N) is 1. The van der Waals surface area contributed by atoms with Crippen molar-refractivity contribution in [1.82, 2.24) is 20.1 Å². The van der Waals surface area contributed by atoms with E-state index in [-0.39, 0.29) is 6.42 Å². The Morgan fingerprint density at radius 1 is 0.904 bits per heavy atom. The molecule has 3 heterocycles. The third-order valence-electron chi connectivity index (χ3n) is 10.4. The van der Waals surface area contributed by atoms with E-state index >= 15 is 0 Å². The molecule has 1 atom stereocenters. The van der Waals surface area contributed by atoms with E-state index in [0.29, 0.717) is 28.8 Å². The van der Waals surface area contributed by atoms with Crippen molar-refractivity contribution in [2.75, 3.05) is 39.8 Å². The fraction of sp³-hybridized carbons (Fsp3) is 0.447. The summed E-state index contributed by atoms with van der Waals surface area (Å²) in [5, 5.41) is 14.5. The number of alkyl halides is 6. The molecule has 0 spiro atoms. The average molecular weight is 731 g/mol. The summed E-state index contributed by atoms with van der Waals surface area (Å²) >= 11 is 0. The molecule has 8 nitrogen and oxygen atoms in total. The first-order valence-corrected chi connectivity index (χ1v) is 17.3. The Balaban J connectivity index is 1.34. The van der Waals surface area contributed by atoms with Gasteiger partial charge in [0.2, 0.25) is 5.91 Å². The molecule has 0 radical (unpaired) electrons. The van der Waals surface area contributed by atoms with E-state index in [1.165, 1.54) is 6.42 Å². The molecule has 2 N–H and O–H groups in total. The van der Waals surface area contributed by atoms with Gasteiger partial charge < -0.3 is 15.2 Å². The summed E-state index contributed by atoms with van der Waals surface area (Å²) in [5.74, 6) is -2.45. The largest absolute Gasteiger partial charge is 0.496 e. The van der Waals surface area contributed by atoms with E-state index in [0.717, 1.165) is 58.3 Å². The first-order chi connectivity index (χ1) is 24.7. The van der Waals surface area contributed by atoms with Gasteiger partial charge in [0.1, 0.15) is 17.2 Å². The molecule has 6 rings (SSSR count). The molecule has 2 fully saturated rings. The van der Waals surface area contributed by atoms with Gasteiger partial charge in [-0.15, -0.1) is 0 Å². The molecule has 4 aromatic rings. The molecular weight excluding hydrogens is 690 g/mol. The molecule has 0 bridgehead atoms. The number of pyridine rings is 1. The highest BCUT2D eigenvalue weighted by atomic mass is 19.4. The zero-order valence-corrected chi connectivity index (χ0v) is 28.6. The van der Waals surface area contributed by atoms with Crippen molar-refractivity contribution in [2.24, 2.45) is 5.41 Å². The molecular formula is C38H40F6N4O4. The van der Waals surface area contributed by atoms with Crippen LogP contribution >= 0.6 is 0 Å². The summed E-state index contributed by atoms with van der Waals surface area (Å²) in [4.78, 5) is 33.8. The van der Waals surface area contributed by atoms with Crippen molar-refractivity contribution in [3.05, 3.63) is 71.9 Å². The smallest absolute Gasteiger partial charge is 0.403 e. The minimum atomic E-state index is -5.11. The molecule has 0 unspecified atom stereocenters. The van der Waals surface area contributed by atoms with Gasteiger partial charge in [-0.25, -0.2) is 4.79 Å². The van der Waals surface area contributed by atoms with E-state index < -0.39 is 68.2 Å². The highest BCUT2D eigenvalue weighted by Gasteiger charge is 2.61. The first-order valence-electron chi connectivity index (χ1n) is 17.3. The van der Waals surface area contributed by atoms with Crippen LogP contribution in [-0.4, -0.2) is 90.0 Å². The lowest BCUT2D eigenvalue weighted by molar-refractivity contribution is -0.236. The molecule has 2 saturated heterocycles. The Hall–Kier alpha value is -4.43. The number of hydrogen-bond donors (Lipinski definition) is 2. The number of piperidine rings is 2. The van der Waals surface area contributed by atoms with Crippen LogP contribution in [-0.2, 0) is 22.6 Å². The Morgan fingerprint density at radius 3 is 2.25 bits per heavy atom. The molecule has 14 heteroatoms. The van der Waals surface area contributed by atoms with Crippen molar-refractivity contribution < 1.29 is 45.8 Å². The molecule has 1 amide bonds. The third kappa shape index (κ3) is 7.68. The number of likely N-dealkylation sites (tertiary alicyclic amines) is 2. The number of carboxylic acids is 1. The van der Waals surface area contributed by atoms with E-state index in [9.17, 15) is 41.0 Å². The maximum absolute atomic E-state index is 14.5. The van der Waals surface area contributed by atoms with Gasteiger partial charge in [0.25, 0.3) is 0 Å². The Labute approximate surface area is 296 Å². The van der Waals surface area contributed by atoms with Crippen LogP contribution in [0.5, 0.6) is 5.75 Å². The lowest BCUT2D eigenvalue weighted by Crippen LogP contribution is -2.59. The number of rotatable bonds is 10. The van der Waals surface area contributed by atoms with Gasteiger partial charge in [0.15, 0.2) is 0 Å². The SMILES string of the molecule is COc1c(CN2CCCCC2)cc2cccnc2c1-c1cccc2c(C[C@H](NC(=O)C3(C(F)(F)F)CCN(CC(F)(F)F)CC3)C(=O)O)cccc12. The number of halogens is 6. The maximum Gasteiger partial charge on any atom is 0.403 e. The average Bonchev–Trinajstić information content (AvgIpc) is 3.10. The van der Waals surface area contributed by atoms with Gasteiger partial charge in [-0.05, 0) is 85.9 Å². The highest BCUT2D eigenvalue weighted by Crippen LogP contribution is 2.47. The van der Waals surface area contributed by atoms with Crippen LogP contribution in [0.3, 0.4) is 0 Å². The second-order valence-corrected chi connectivity index (χ2v) is 13.7. The highest BCUT2D eigenvalue weighted by molar-refractivity contribution is 6.07. The van der Waals surface area contributed by atoms with Gasteiger partial charge >= 0.3 is 18.3 Å². The van der Waals surface area contributed by atoms with Crippen LogP contribution in [0, 0.1) is 5.41 Å². The van der Waals surface area contributed by atoms with E-state index in [1.807, 2.05) is 24.3 Å². The first kappa shape index (κ1) is 37.3. The molecule has 3 aromatic carbocycles. The number of amides is 1. The van der Waals surface area contributed by atoms with Gasteiger partial charge in [-0.3, -0.25) is 19.6 Å². The molecule has 52 heavy (non-hydrogen) atoms. The molecule has 0 aliphatic carbocycles. The predicted molar refractivity (Wildman–Crippen MR) is 184 cm³/mol. The molecule has 1 aromatic heterocycles. The monoisotopic (exact) mass is 730 g/mol. The van der Waals surface area contributed by atoms with Crippen molar-refractivity contribution in [3.8, 4) is 16.9 Å². The van der Waals surface area contributed by atoms with Gasteiger partial charge in [0.05, 0.1) is 24.7 Å². The van der Waals surface area contributed by atoms with Crippen LogP contribution in [0.15, 0.2) is 60.8 Å². The summed E-state index contributed by atoms with van der Waals surface area (Å²) in [7, 11) is 1.61. The lowest BCUT2D eigenvalue weighted by Gasteiger charge is -2.42. The lowest BCUT2D eigenvalue weighted by atomic mass is 9.76. The van der Waals surface area contributed by atoms with E-state index in [2.05, 4.69) is 16.3 Å². The third-order valence-corrected chi connectivity index (χ3v) is 10.4. The Morgan fingerprint density at radius 2 is 1.60 bits per heavy atom. The number of carboxylic acid groups (broad SMARTS) is 1. The zero-order valence-electron chi connectivity index (χ0n) is 28.6. The number of hydrogen-bond acceptors (Lipinski definition) is 6. The second-order valence-electron chi connectivity index (χ2n) is 13.7. The van der Waals surface area contributed by atoms with Crippen LogP contribution in [0.4, 0.5) is 26.3 Å². The quantitative estimate of drug-likeness (QED) is 0.165. The Bertz CT molecular complexity index is 1940. The molecule has 2 aliphatic heterocycles. The summed E-state index contributed by atoms with van der Waals surface area (Å²) in [5.41, 5.74) is 0.645. The second kappa shape index (κ2) is 14.9. The normalized spacial score (nSPS) is 18.0. The topological polar surface area (TPSA) is 95.0 Å². The maximum atomic E-state index is 14.5. The van der Waals surface area contributed by atoms with Crippen molar-refractivity contribution in [2.45, 2.75) is 63.5 Å². The number of nitrogens with zero attached hydrogens (tertiary/aromatic N) is 3. The van der Waals surface area contributed by atoms with Crippen LogP contribution in [0.2, 0.25) is 0 Å². The van der Waals surface area contributed by atoms with Crippen molar-refractivity contribution in [3.63, 3.8) is 0 Å². The number of aromatic nitrogens is 1. The number of methoxy groups -OCH3 is 1. The molecule has 2 aliphatic rings. The standard InChI is InChI=1S/C38H40F6N4O4/c1-52-33-26(22-47-16-3-2-4-17-47)20-25-9-7-15-45-32(25)31(33)29-12-6-10-27-24(8-5-11-28(27)29)21-30(34(49)50)46-35(51)36(38(42,43)44)13-18-48(19-14-36)23-37(39,40)41/h5-12,15,20,30H,2-4,13-14,16-19,21-23H2,1H3,(H,46,51)(H,49,50)/t30-/m0/s1. The van der Waals surface area contributed by atoms with Crippen molar-refractivity contribution in [1.29, 1.82) is 0 Å². The number of fused-ring (bicyclic) bond motifs is 2. The molecule has 0 saturated carbocycles. The van der Waals surface area contributed by atoms with E-state index in [4.69, 9.17) is 9.72 Å². The number of aliphatic carboxylic acids is 1. The summed E-state index contributed by atoms with van der Waals surface area (Å²) in [6.07, 6.45) is -6.81. The summed E-state index contributed by atoms with van der Waals surface area (Å²) in [6.45, 7) is -0.0161. The summed E-state index contributed by atoms with van der Waals surface area (Å²) in [6, 6.07) is 14.9. The minimum absolute atomic E-state index is 0.346. The van der Waals surface area contributed by atoms with Gasteiger partial charge in [0, 0.05) is 30.1 Å². The van der Waals surface area contributed by atoms with Crippen LogP contribution in [0.1, 0.15) is 43.2 Å².